The van der Waals surface area contributed by atoms with Crippen LogP contribution in [0, 0.1) is 0 Å². The highest BCUT2D eigenvalue weighted by atomic mass is 16.5. The summed E-state index contributed by atoms with van der Waals surface area (Å²) in [6.45, 7) is 2.11. The van der Waals surface area contributed by atoms with Gasteiger partial charge in [-0.2, -0.15) is 0 Å². The molecule has 0 aliphatic heterocycles. The molecule has 0 unspecified atom stereocenters. The van der Waals surface area contributed by atoms with Gasteiger partial charge in [0, 0.05) is 6.21 Å². The molecule has 0 aliphatic carbocycles. The van der Waals surface area contributed by atoms with Crippen molar-refractivity contribution in [3.05, 3.63) is 95.6 Å². The quantitative estimate of drug-likeness (QED) is 0.353. The van der Waals surface area contributed by atoms with Gasteiger partial charge in [-0.05, 0) is 73.2 Å². The molecule has 0 saturated carbocycles. The zero-order valence-corrected chi connectivity index (χ0v) is 15.4. The lowest BCUT2D eigenvalue weighted by Gasteiger charge is -2.04. The van der Waals surface area contributed by atoms with Gasteiger partial charge in [-0.25, -0.2) is 9.59 Å². The highest BCUT2D eigenvalue weighted by Gasteiger charge is 2.07. The summed E-state index contributed by atoms with van der Waals surface area (Å²) in [5.74, 6) is -0.285. The van der Waals surface area contributed by atoms with Crippen LogP contribution in [0.25, 0.3) is 0 Å². The van der Waals surface area contributed by atoms with Crippen LogP contribution in [0.5, 0.6) is 5.75 Å². The van der Waals surface area contributed by atoms with Gasteiger partial charge in [0.15, 0.2) is 0 Å². The topological polar surface area (TPSA) is 65.0 Å². The minimum atomic E-state index is -0.399. The van der Waals surface area contributed by atoms with Gasteiger partial charge in [-0.3, -0.25) is 4.99 Å². The van der Waals surface area contributed by atoms with Crippen molar-refractivity contribution in [1.82, 2.24) is 0 Å². The Labute approximate surface area is 163 Å². The fourth-order valence-electron chi connectivity index (χ4n) is 2.41. The second-order valence-corrected chi connectivity index (χ2v) is 5.85. The van der Waals surface area contributed by atoms with E-state index >= 15 is 0 Å². The van der Waals surface area contributed by atoms with Gasteiger partial charge in [0.25, 0.3) is 0 Å². The Morgan fingerprint density at radius 1 is 0.821 bits per heavy atom. The number of hydrogen-bond donors (Lipinski definition) is 0. The van der Waals surface area contributed by atoms with Crippen molar-refractivity contribution in [2.24, 2.45) is 4.99 Å². The monoisotopic (exact) mass is 373 g/mol. The lowest BCUT2D eigenvalue weighted by Crippen LogP contribution is -2.07. The molecule has 28 heavy (non-hydrogen) atoms. The molecule has 0 spiro atoms. The van der Waals surface area contributed by atoms with Gasteiger partial charge in [-0.15, -0.1) is 0 Å². The van der Waals surface area contributed by atoms with E-state index in [9.17, 15) is 9.59 Å². The molecule has 5 heteroatoms. The molecule has 0 fully saturated rings. The maximum absolute atomic E-state index is 12.0. The first-order valence-corrected chi connectivity index (χ1v) is 8.84. The first-order valence-electron chi connectivity index (χ1n) is 8.84. The standard InChI is InChI=1S/C23H19NO4/c1-2-27-22(25)19-10-12-20(13-11-19)24-16-17-8-14-21(15-9-17)28-23(26)18-6-4-3-5-7-18/h3-16H,2H2,1H3. The Bertz CT molecular complexity index is 962. The fraction of sp³-hybridized carbons (Fsp3) is 0.0870. The maximum Gasteiger partial charge on any atom is 0.343 e. The number of carbonyl (C=O) groups excluding carboxylic acids is 2. The van der Waals surface area contributed by atoms with Crippen LogP contribution in [0.1, 0.15) is 33.2 Å². The van der Waals surface area contributed by atoms with Crippen LogP contribution in [0.15, 0.2) is 83.9 Å². The summed E-state index contributed by atoms with van der Waals surface area (Å²) in [5, 5.41) is 0. The third-order valence-corrected chi connectivity index (χ3v) is 3.84. The zero-order valence-electron chi connectivity index (χ0n) is 15.4. The molecular weight excluding hydrogens is 354 g/mol. The van der Waals surface area contributed by atoms with E-state index in [4.69, 9.17) is 9.47 Å². The van der Waals surface area contributed by atoms with Crippen LogP contribution in [-0.2, 0) is 4.74 Å². The summed E-state index contributed by atoms with van der Waals surface area (Å²) in [5.41, 5.74) is 2.56. The molecule has 3 rings (SSSR count). The molecule has 0 atom stereocenters. The van der Waals surface area contributed by atoms with E-state index in [1.54, 1.807) is 73.8 Å². The van der Waals surface area contributed by atoms with E-state index in [0.29, 0.717) is 29.2 Å². The highest BCUT2D eigenvalue weighted by Crippen LogP contribution is 2.16. The normalized spacial score (nSPS) is 10.6. The van der Waals surface area contributed by atoms with Crippen molar-refractivity contribution in [2.75, 3.05) is 6.61 Å². The van der Waals surface area contributed by atoms with Gasteiger partial charge in [0.05, 0.1) is 23.4 Å². The molecule has 0 aromatic heterocycles. The third kappa shape index (κ3) is 5.14. The summed E-state index contributed by atoms with van der Waals surface area (Å²) in [4.78, 5) is 28.1. The molecule has 0 radical (unpaired) electrons. The zero-order chi connectivity index (χ0) is 19.8. The predicted octanol–water partition coefficient (Wildman–Crippen LogP) is 4.83. The molecule has 0 aliphatic rings. The molecule has 3 aromatic rings. The molecule has 0 amide bonds. The average Bonchev–Trinajstić information content (AvgIpc) is 2.74. The molecular formula is C23H19NO4. The molecule has 5 nitrogen and oxygen atoms in total. The number of carbonyl (C=O) groups is 2. The van der Waals surface area contributed by atoms with E-state index < -0.39 is 5.97 Å². The van der Waals surface area contributed by atoms with E-state index in [1.807, 2.05) is 18.2 Å². The van der Waals surface area contributed by atoms with Gasteiger partial charge >= 0.3 is 11.9 Å². The molecule has 140 valence electrons. The van der Waals surface area contributed by atoms with Crippen LogP contribution in [0.4, 0.5) is 5.69 Å². The second kappa shape index (κ2) is 9.28. The number of rotatable bonds is 6. The Balaban J connectivity index is 1.61. The summed E-state index contributed by atoms with van der Waals surface area (Å²) in [7, 11) is 0. The van der Waals surface area contributed by atoms with Crippen molar-refractivity contribution in [3.63, 3.8) is 0 Å². The largest absolute Gasteiger partial charge is 0.462 e. The molecule has 0 saturated heterocycles. The predicted molar refractivity (Wildman–Crippen MR) is 107 cm³/mol. The number of ether oxygens (including phenoxy) is 2. The van der Waals surface area contributed by atoms with Crippen LogP contribution in [0.2, 0.25) is 0 Å². The maximum atomic E-state index is 12.0. The summed E-state index contributed by atoms with van der Waals surface area (Å²) in [6.07, 6.45) is 1.70. The molecule has 3 aromatic carbocycles. The third-order valence-electron chi connectivity index (χ3n) is 3.84. The molecule has 0 N–H and O–H groups in total. The lowest BCUT2D eigenvalue weighted by molar-refractivity contribution is 0.0526. The van der Waals surface area contributed by atoms with E-state index in [0.717, 1.165) is 5.56 Å². The van der Waals surface area contributed by atoms with Gasteiger partial charge < -0.3 is 9.47 Å². The molecule has 0 heterocycles. The van der Waals surface area contributed by atoms with Gasteiger partial charge in [-0.1, -0.05) is 18.2 Å². The van der Waals surface area contributed by atoms with E-state index in [1.165, 1.54) is 0 Å². The van der Waals surface area contributed by atoms with Crippen molar-refractivity contribution in [2.45, 2.75) is 6.92 Å². The molecule has 0 bridgehead atoms. The Hall–Kier alpha value is -3.73. The minimum Gasteiger partial charge on any atom is -0.462 e. The van der Waals surface area contributed by atoms with Crippen LogP contribution < -0.4 is 4.74 Å². The summed E-state index contributed by atoms with van der Waals surface area (Å²) >= 11 is 0. The fourth-order valence-corrected chi connectivity index (χ4v) is 2.41. The van der Waals surface area contributed by atoms with E-state index in [-0.39, 0.29) is 5.97 Å². The first-order chi connectivity index (χ1) is 13.7. The Kier molecular flexibility index (Phi) is 6.31. The van der Waals surface area contributed by atoms with Crippen molar-refractivity contribution < 1.29 is 19.1 Å². The second-order valence-electron chi connectivity index (χ2n) is 5.85. The highest BCUT2D eigenvalue weighted by molar-refractivity contribution is 5.91. The van der Waals surface area contributed by atoms with E-state index in [2.05, 4.69) is 4.99 Å². The lowest BCUT2D eigenvalue weighted by atomic mass is 10.2. The Morgan fingerprint density at radius 2 is 1.46 bits per heavy atom. The number of hydrogen-bond acceptors (Lipinski definition) is 5. The Morgan fingerprint density at radius 3 is 2.11 bits per heavy atom. The number of aliphatic imine (C=N–C) groups is 1. The van der Waals surface area contributed by atoms with Gasteiger partial charge in [0.1, 0.15) is 5.75 Å². The van der Waals surface area contributed by atoms with Crippen LogP contribution in [0.3, 0.4) is 0 Å². The van der Waals surface area contributed by atoms with Gasteiger partial charge in [0.2, 0.25) is 0 Å². The van der Waals surface area contributed by atoms with Crippen molar-refractivity contribution in [3.8, 4) is 5.75 Å². The smallest absolute Gasteiger partial charge is 0.343 e. The summed E-state index contributed by atoms with van der Waals surface area (Å²) in [6, 6.07) is 22.7. The number of esters is 2. The minimum absolute atomic E-state index is 0.343. The number of benzene rings is 3. The number of nitrogens with zero attached hydrogens (tertiary/aromatic N) is 1. The first kappa shape index (κ1) is 19.0. The average molecular weight is 373 g/mol. The van der Waals surface area contributed by atoms with Crippen molar-refractivity contribution >= 4 is 23.8 Å². The summed E-state index contributed by atoms with van der Waals surface area (Å²) < 4.78 is 10.3. The SMILES string of the molecule is CCOC(=O)c1ccc(N=Cc2ccc(OC(=O)c3ccccc3)cc2)cc1. The van der Waals surface area contributed by atoms with Crippen molar-refractivity contribution in [1.29, 1.82) is 0 Å². The van der Waals surface area contributed by atoms with Crippen LogP contribution in [-0.4, -0.2) is 24.8 Å². The van der Waals surface area contributed by atoms with Crippen LogP contribution >= 0.6 is 0 Å².